The second kappa shape index (κ2) is 8.12. The van der Waals surface area contributed by atoms with Crippen molar-refractivity contribution in [2.24, 2.45) is 11.7 Å². The fraction of sp³-hybridized carbons (Fsp3) is 1.00. The molecular weight excluding hydrogens is 184 g/mol. The van der Waals surface area contributed by atoms with E-state index in [0.717, 1.165) is 13.1 Å². The van der Waals surface area contributed by atoms with Crippen molar-refractivity contribution in [1.29, 1.82) is 0 Å². The van der Waals surface area contributed by atoms with E-state index in [-0.39, 0.29) is 0 Å². The maximum absolute atomic E-state index is 5.93. The lowest BCUT2D eigenvalue weighted by molar-refractivity contribution is 0.109. The molecule has 3 unspecified atom stereocenters. The molecule has 2 N–H and O–H groups in total. The summed E-state index contributed by atoms with van der Waals surface area (Å²) in [6, 6.07) is 1.22. The second-order valence-electron chi connectivity index (χ2n) is 4.66. The molecule has 0 aromatic rings. The number of nitrogens with zero attached hydrogens (tertiary/aromatic N) is 1. The molecule has 0 rings (SSSR count). The van der Waals surface area contributed by atoms with Crippen molar-refractivity contribution < 1.29 is 0 Å². The molecule has 15 heavy (non-hydrogen) atoms. The summed E-state index contributed by atoms with van der Waals surface area (Å²) in [5.74, 6) is 0.717. The Labute approximate surface area is 96.2 Å². The van der Waals surface area contributed by atoms with E-state index in [2.05, 4.69) is 39.5 Å². The summed E-state index contributed by atoms with van der Waals surface area (Å²) in [5.41, 5.74) is 5.93. The van der Waals surface area contributed by atoms with Crippen molar-refractivity contribution in [2.75, 3.05) is 13.1 Å². The molecule has 0 fully saturated rings. The van der Waals surface area contributed by atoms with Gasteiger partial charge in [0.05, 0.1) is 0 Å². The topological polar surface area (TPSA) is 29.3 Å². The highest BCUT2D eigenvalue weighted by Gasteiger charge is 2.24. The highest BCUT2D eigenvalue weighted by molar-refractivity contribution is 4.80. The molecule has 0 aromatic heterocycles. The van der Waals surface area contributed by atoms with Crippen molar-refractivity contribution in [1.82, 2.24) is 4.90 Å². The Balaban J connectivity index is 4.44. The molecule has 0 spiro atoms. The van der Waals surface area contributed by atoms with E-state index in [9.17, 15) is 0 Å². The average Bonchev–Trinajstić information content (AvgIpc) is 2.24. The van der Waals surface area contributed by atoms with Gasteiger partial charge < -0.3 is 5.73 Å². The van der Waals surface area contributed by atoms with Crippen molar-refractivity contribution in [3.05, 3.63) is 0 Å². The van der Waals surface area contributed by atoms with Gasteiger partial charge in [-0.1, -0.05) is 34.1 Å². The van der Waals surface area contributed by atoms with Crippen LogP contribution < -0.4 is 5.73 Å². The van der Waals surface area contributed by atoms with Gasteiger partial charge >= 0.3 is 0 Å². The van der Waals surface area contributed by atoms with Gasteiger partial charge in [0.1, 0.15) is 0 Å². The Morgan fingerprint density at radius 3 is 2.07 bits per heavy atom. The molecule has 0 saturated carbocycles. The molecular formula is C13H30N2. The van der Waals surface area contributed by atoms with Crippen LogP contribution in [-0.4, -0.2) is 30.1 Å². The summed E-state index contributed by atoms with van der Waals surface area (Å²) in [6.45, 7) is 13.3. The normalized spacial score (nSPS) is 17.8. The van der Waals surface area contributed by atoms with Gasteiger partial charge in [0.15, 0.2) is 0 Å². The average molecular weight is 214 g/mol. The number of rotatable bonds is 8. The van der Waals surface area contributed by atoms with Gasteiger partial charge in [0, 0.05) is 18.6 Å². The molecule has 0 aliphatic carbocycles. The molecule has 3 atom stereocenters. The summed E-state index contributed by atoms with van der Waals surface area (Å²) >= 11 is 0. The van der Waals surface area contributed by atoms with Crippen LogP contribution in [0.1, 0.15) is 53.9 Å². The number of hydrogen-bond acceptors (Lipinski definition) is 2. The molecule has 0 bridgehead atoms. The van der Waals surface area contributed by atoms with E-state index in [1.165, 1.54) is 19.3 Å². The number of likely N-dealkylation sites (N-methyl/N-ethyl adjacent to an activating group) is 1. The lowest BCUT2D eigenvalue weighted by Gasteiger charge is -2.38. The van der Waals surface area contributed by atoms with Gasteiger partial charge in [-0.25, -0.2) is 0 Å². The van der Waals surface area contributed by atoms with Crippen LogP contribution in [0.3, 0.4) is 0 Å². The van der Waals surface area contributed by atoms with Crippen LogP contribution in [0, 0.1) is 5.92 Å². The van der Waals surface area contributed by atoms with E-state index < -0.39 is 0 Å². The van der Waals surface area contributed by atoms with Crippen LogP contribution in [0.15, 0.2) is 0 Å². The fourth-order valence-corrected chi connectivity index (χ4v) is 2.45. The highest BCUT2D eigenvalue weighted by atomic mass is 15.2. The summed E-state index contributed by atoms with van der Waals surface area (Å²) in [7, 11) is 0. The van der Waals surface area contributed by atoms with Crippen LogP contribution >= 0.6 is 0 Å². The molecule has 2 nitrogen and oxygen atoms in total. The Kier molecular flexibility index (Phi) is 8.07. The van der Waals surface area contributed by atoms with Crippen LogP contribution in [0.2, 0.25) is 0 Å². The number of hydrogen-bond donors (Lipinski definition) is 1. The summed E-state index contributed by atoms with van der Waals surface area (Å²) in [5, 5.41) is 0. The van der Waals surface area contributed by atoms with Crippen LogP contribution in [-0.2, 0) is 0 Å². The summed E-state index contributed by atoms with van der Waals surface area (Å²) < 4.78 is 0. The first-order valence-corrected chi connectivity index (χ1v) is 6.57. The van der Waals surface area contributed by atoms with Gasteiger partial charge in [-0.15, -0.1) is 0 Å². The van der Waals surface area contributed by atoms with E-state index in [0.29, 0.717) is 18.0 Å². The molecule has 0 heterocycles. The first kappa shape index (κ1) is 14.9. The SMILES string of the molecule is CCCC(C)C(CN)N(CC)C(C)CC. The zero-order valence-corrected chi connectivity index (χ0v) is 11.3. The van der Waals surface area contributed by atoms with Crippen molar-refractivity contribution >= 4 is 0 Å². The fourth-order valence-electron chi connectivity index (χ4n) is 2.45. The van der Waals surface area contributed by atoms with Crippen LogP contribution in [0.25, 0.3) is 0 Å². The van der Waals surface area contributed by atoms with Crippen LogP contribution in [0.5, 0.6) is 0 Å². The zero-order chi connectivity index (χ0) is 11.8. The van der Waals surface area contributed by atoms with E-state index >= 15 is 0 Å². The Bertz CT molecular complexity index is 147. The monoisotopic (exact) mass is 214 g/mol. The summed E-state index contributed by atoms with van der Waals surface area (Å²) in [6.07, 6.45) is 3.76. The first-order chi connectivity index (χ1) is 7.12. The third-order valence-electron chi connectivity index (χ3n) is 3.59. The predicted octanol–water partition coefficient (Wildman–Crippen LogP) is 2.87. The maximum atomic E-state index is 5.93. The molecule has 0 saturated heterocycles. The number of nitrogens with two attached hydrogens (primary N) is 1. The highest BCUT2D eigenvalue weighted by Crippen LogP contribution is 2.19. The van der Waals surface area contributed by atoms with Gasteiger partial charge in [0.2, 0.25) is 0 Å². The Hall–Kier alpha value is -0.0800. The second-order valence-corrected chi connectivity index (χ2v) is 4.66. The molecule has 0 amide bonds. The maximum Gasteiger partial charge on any atom is 0.0246 e. The molecule has 0 radical (unpaired) electrons. The van der Waals surface area contributed by atoms with Crippen molar-refractivity contribution in [3.63, 3.8) is 0 Å². The summed E-state index contributed by atoms with van der Waals surface area (Å²) in [4.78, 5) is 2.57. The first-order valence-electron chi connectivity index (χ1n) is 6.57. The minimum Gasteiger partial charge on any atom is -0.329 e. The van der Waals surface area contributed by atoms with Gasteiger partial charge in [-0.3, -0.25) is 4.90 Å². The third-order valence-corrected chi connectivity index (χ3v) is 3.59. The largest absolute Gasteiger partial charge is 0.329 e. The van der Waals surface area contributed by atoms with Crippen LogP contribution in [0.4, 0.5) is 0 Å². The van der Waals surface area contributed by atoms with E-state index in [1.54, 1.807) is 0 Å². The van der Waals surface area contributed by atoms with Crippen molar-refractivity contribution in [2.45, 2.75) is 66.0 Å². The molecule has 0 aromatic carbocycles. The predicted molar refractivity (Wildman–Crippen MR) is 69.0 cm³/mol. The molecule has 0 aliphatic rings. The van der Waals surface area contributed by atoms with Gasteiger partial charge in [-0.05, 0) is 32.2 Å². The quantitative estimate of drug-likeness (QED) is 0.673. The minimum atomic E-state index is 0.560. The lowest BCUT2D eigenvalue weighted by atomic mass is 9.94. The van der Waals surface area contributed by atoms with E-state index in [4.69, 9.17) is 5.73 Å². The molecule has 2 heteroatoms. The lowest BCUT2D eigenvalue weighted by Crippen LogP contribution is -2.48. The van der Waals surface area contributed by atoms with Gasteiger partial charge in [0.25, 0.3) is 0 Å². The van der Waals surface area contributed by atoms with Gasteiger partial charge in [-0.2, -0.15) is 0 Å². The zero-order valence-electron chi connectivity index (χ0n) is 11.3. The Morgan fingerprint density at radius 1 is 1.13 bits per heavy atom. The Morgan fingerprint density at radius 2 is 1.73 bits per heavy atom. The van der Waals surface area contributed by atoms with E-state index in [1.807, 2.05) is 0 Å². The minimum absolute atomic E-state index is 0.560. The third kappa shape index (κ3) is 4.52. The van der Waals surface area contributed by atoms with Crippen molar-refractivity contribution in [3.8, 4) is 0 Å². The smallest absolute Gasteiger partial charge is 0.0246 e. The standard InChI is InChI=1S/C13H30N2/c1-6-9-11(4)13(10-14)15(8-3)12(5)7-2/h11-13H,6-10,14H2,1-5H3. The molecule has 92 valence electrons. The molecule has 0 aliphatic heterocycles.